The Hall–Kier alpha value is -3.71. The Bertz CT molecular complexity index is 1270. The van der Waals surface area contributed by atoms with E-state index in [4.69, 9.17) is 16.0 Å². The summed E-state index contributed by atoms with van der Waals surface area (Å²) < 4.78 is 5.88. The van der Waals surface area contributed by atoms with Crippen LogP contribution in [-0.2, 0) is 6.54 Å². The molecule has 1 N–H and O–H groups in total. The highest BCUT2D eigenvalue weighted by molar-refractivity contribution is 6.32. The number of nitrogens with zero attached hydrogens (tertiary/aromatic N) is 2. The number of carbonyl (C=O) groups is 1. The van der Waals surface area contributed by atoms with Crippen molar-refractivity contribution >= 4 is 34.3 Å². The second-order valence-corrected chi connectivity index (χ2v) is 7.63. The molecule has 0 aliphatic heterocycles. The molecule has 156 valence electrons. The molecule has 0 fully saturated rings. The summed E-state index contributed by atoms with van der Waals surface area (Å²) in [6, 6.07) is 15.4. The molecule has 0 spiro atoms. The van der Waals surface area contributed by atoms with Crippen LogP contribution in [0.15, 0.2) is 59.0 Å². The molecule has 8 heteroatoms. The summed E-state index contributed by atoms with van der Waals surface area (Å²) in [5.41, 5.74) is 5.42. The van der Waals surface area contributed by atoms with E-state index in [1.165, 1.54) is 12.1 Å². The van der Waals surface area contributed by atoms with Crippen LogP contribution in [0.2, 0.25) is 5.02 Å². The van der Waals surface area contributed by atoms with Crippen molar-refractivity contribution in [3.8, 4) is 11.5 Å². The number of nitrogens with one attached hydrogen (secondary N) is 1. The summed E-state index contributed by atoms with van der Waals surface area (Å²) in [5.74, 6) is 0.109. The molecule has 0 saturated heterocycles. The van der Waals surface area contributed by atoms with E-state index in [1.807, 2.05) is 50.2 Å². The van der Waals surface area contributed by atoms with Crippen molar-refractivity contribution in [3.63, 3.8) is 0 Å². The first-order valence-electron chi connectivity index (χ1n) is 9.51. The zero-order valence-electron chi connectivity index (χ0n) is 16.8. The van der Waals surface area contributed by atoms with E-state index in [-0.39, 0.29) is 22.8 Å². The van der Waals surface area contributed by atoms with Gasteiger partial charge >= 0.3 is 0 Å². The monoisotopic (exact) mass is 435 g/mol. The number of hydrogen-bond acceptors (Lipinski definition) is 5. The van der Waals surface area contributed by atoms with Gasteiger partial charge in [0.15, 0.2) is 5.58 Å². The lowest BCUT2D eigenvalue weighted by Crippen LogP contribution is -2.22. The normalized spacial score (nSPS) is 10.9. The summed E-state index contributed by atoms with van der Waals surface area (Å²) in [6.07, 6.45) is 0. The van der Waals surface area contributed by atoms with Gasteiger partial charge in [-0.3, -0.25) is 14.9 Å². The zero-order valence-corrected chi connectivity index (χ0v) is 17.6. The number of benzene rings is 3. The molecule has 1 heterocycles. The lowest BCUT2D eigenvalue weighted by Gasteiger charge is -2.06. The first-order chi connectivity index (χ1) is 14.8. The van der Waals surface area contributed by atoms with Crippen LogP contribution in [0, 0.1) is 24.0 Å². The summed E-state index contributed by atoms with van der Waals surface area (Å²) in [4.78, 5) is 27.3. The smallest absolute Gasteiger partial charge is 0.288 e. The average Bonchev–Trinajstić information content (AvgIpc) is 3.15. The van der Waals surface area contributed by atoms with Crippen LogP contribution in [-0.4, -0.2) is 15.8 Å². The standard InChI is InChI=1S/C23H18ClN3O4/c1-13-9-19-21(10-14(13)2)31-23(26-19)16-5-3-15(4-6-16)12-25-22(28)17-7-8-18(24)20(11-17)27(29)30/h3-11H,12H2,1-2H3,(H,25,28). The number of aromatic nitrogens is 1. The van der Waals surface area contributed by atoms with Crippen LogP contribution in [0.1, 0.15) is 27.0 Å². The number of hydrogen-bond donors (Lipinski definition) is 1. The number of nitro groups is 1. The second kappa shape index (κ2) is 8.20. The van der Waals surface area contributed by atoms with Crippen molar-refractivity contribution in [1.29, 1.82) is 0 Å². The van der Waals surface area contributed by atoms with Gasteiger partial charge < -0.3 is 9.73 Å². The number of carbonyl (C=O) groups excluding carboxylic acids is 1. The number of fused-ring (bicyclic) bond motifs is 1. The largest absolute Gasteiger partial charge is 0.436 e. The molecule has 4 rings (SSSR count). The van der Waals surface area contributed by atoms with Gasteiger partial charge in [-0.25, -0.2) is 4.98 Å². The van der Waals surface area contributed by atoms with Gasteiger partial charge in [0, 0.05) is 23.7 Å². The topological polar surface area (TPSA) is 98.3 Å². The van der Waals surface area contributed by atoms with Crippen molar-refractivity contribution in [2.24, 2.45) is 0 Å². The molecule has 0 aliphatic carbocycles. The number of aryl methyl sites for hydroxylation is 2. The lowest BCUT2D eigenvalue weighted by molar-refractivity contribution is -0.384. The number of nitro benzene ring substituents is 1. The molecule has 0 atom stereocenters. The molecule has 0 bridgehead atoms. The van der Waals surface area contributed by atoms with Gasteiger partial charge in [0.1, 0.15) is 10.5 Å². The van der Waals surface area contributed by atoms with Gasteiger partial charge in [-0.2, -0.15) is 0 Å². The van der Waals surface area contributed by atoms with E-state index in [2.05, 4.69) is 10.3 Å². The molecule has 0 aliphatic rings. The second-order valence-electron chi connectivity index (χ2n) is 7.23. The average molecular weight is 436 g/mol. The van der Waals surface area contributed by atoms with E-state index in [1.54, 1.807) is 0 Å². The summed E-state index contributed by atoms with van der Waals surface area (Å²) >= 11 is 5.79. The summed E-state index contributed by atoms with van der Waals surface area (Å²) in [5, 5.41) is 13.7. The fourth-order valence-corrected chi connectivity index (χ4v) is 3.33. The number of rotatable bonds is 5. The fourth-order valence-electron chi connectivity index (χ4n) is 3.15. The van der Waals surface area contributed by atoms with Gasteiger partial charge in [-0.05, 0) is 66.9 Å². The molecule has 1 aromatic heterocycles. The van der Waals surface area contributed by atoms with Crippen molar-refractivity contribution < 1.29 is 14.1 Å². The maximum absolute atomic E-state index is 12.3. The minimum Gasteiger partial charge on any atom is -0.436 e. The lowest BCUT2D eigenvalue weighted by atomic mass is 10.1. The number of halogens is 1. The third-order valence-corrected chi connectivity index (χ3v) is 5.38. The molecule has 3 aromatic carbocycles. The molecule has 0 radical (unpaired) electrons. The van der Waals surface area contributed by atoms with Gasteiger partial charge in [0.05, 0.1) is 4.92 Å². The van der Waals surface area contributed by atoms with Gasteiger partial charge in [0.2, 0.25) is 5.89 Å². The molecule has 0 saturated carbocycles. The Kier molecular flexibility index (Phi) is 5.44. The van der Waals surface area contributed by atoms with Crippen molar-refractivity contribution in [3.05, 3.63) is 92.0 Å². The SMILES string of the molecule is Cc1cc2nc(-c3ccc(CNC(=O)c4ccc(Cl)c([N+](=O)[O-])c4)cc3)oc2cc1C. The third kappa shape index (κ3) is 4.27. The number of oxazole rings is 1. The predicted molar refractivity (Wildman–Crippen MR) is 118 cm³/mol. The molecule has 1 amide bonds. The maximum atomic E-state index is 12.3. The van der Waals surface area contributed by atoms with Crippen LogP contribution < -0.4 is 5.32 Å². The summed E-state index contributed by atoms with van der Waals surface area (Å²) in [7, 11) is 0. The van der Waals surface area contributed by atoms with Crippen molar-refractivity contribution in [2.75, 3.05) is 0 Å². The third-order valence-electron chi connectivity index (χ3n) is 5.06. The Balaban J connectivity index is 1.46. The molecule has 7 nitrogen and oxygen atoms in total. The van der Waals surface area contributed by atoms with Crippen LogP contribution in [0.3, 0.4) is 0 Å². The van der Waals surface area contributed by atoms with E-state index in [0.29, 0.717) is 5.89 Å². The summed E-state index contributed by atoms with van der Waals surface area (Å²) in [6.45, 7) is 4.33. The Morgan fingerprint density at radius 2 is 1.81 bits per heavy atom. The molecule has 31 heavy (non-hydrogen) atoms. The minimum atomic E-state index is -0.618. The molecular weight excluding hydrogens is 418 g/mol. The highest BCUT2D eigenvalue weighted by Gasteiger charge is 2.16. The van der Waals surface area contributed by atoms with E-state index in [9.17, 15) is 14.9 Å². The highest BCUT2D eigenvalue weighted by Crippen LogP contribution is 2.27. The zero-order chi connectivity index (χ0) is 22.1. The first-order valence-corrected chi connectivity index (χ1v) is 9.89. The molecular formula is C23H18ClN3O4. The quantitative estimate of drug-likeness (QED) is 0.325. The minimum absolute atomic E-state index is 0.0124. The molecule has 0 unspecified atom stereocenters. The van der Waals surface area contributed by atoms with E-state index >= 15 is 0 Å². The number of amides is 1. The maximum Gasteiger partial charge on any atom is 0.288 e. The Morgan fingerprint density at radius 1 is 1.10 bits per heavy atom. The van der Waals surface area contributed by atoms with Gasteiger partial charge in [-0.1, -0.05) is 23.7 Å². The van der Waals surface area contributed by atoms with E-state index < -0.39 is 10.8 Å². The Labute approximate surface area is 182 Å². The fraction of sp³-hybridized carbons (Fsp3) is 0.130. The van der Waals surface area contributed by atoms with Crippen LogP contribution in [0.25, 0.3) is 22.6 Å². The van der Waals surface area contributed by atoms with Crippen LogP contribution >= 0.6 is 11.6 Å². The van der Waals surface area contributed by atoms with Gasteiger partial charge in [0.25, 0.3) is 11.6 Å². The van der Waals surface area contributed by atoms with E-state index in [0.717, 1.165) is 39.4 Å². The predicted octanol–water partition coefficient (Wildman–Crippen LogP) is 5.60. The van der Waals surface area contributed by atoms with Crippen molar-refractivity contribution in [2.45, 2.75) is 20.4 Å². The first kappa shape index (κ1) is 20.6. The van der Waals surface area contributed by atoms with Crippen molar-refractivity contribution in [1.82, 2.24) is 10.3 Å². The van der Waals surface area contributed by atoms with Crippen LogP contribution in [0.5, 0.6) is 0 Å². The molecule has 4 aromatic rings. The highest BCUT2D eigenvalue weighted by atomic mass is 35.5. The van der Waals surface area contributed by atoms with Gasteiger partial charge in [-0.15, -0.1) is 0 Å². The Morgan fingerprint density at radius 3 is 2.52 bits per heavy atom. The van der Waals surface area contributed by atoms with Crippen LogP contribution in [0.4, 0.5) is 5.69 Å².